The number of ether oxygens (including phenoxy) is 4. The summed E-state index contributed by atoms with van der Waals surface area (Å²) in [4.78, 5) is 17.2. The van der Waals surface area contributed by atoms with Crippen LogP contribution in [-0.2, 0) is 14.3 Å². The van der Waals surface area contributed by atoms with Crippen LogP contribution in [0.4, 0.5) is 0 Å². The second-order valence-corrected chi connectivity index (χ2v) is 9.02. The fourth-order valence-corrected chi connectivity index (χ4v) is 4.68. The predicted molar refractivity (Wildman–Crippen MR) is 127 cm³/mol. The van der Waals surface area contributed by atoms with Gasteiger partial charge < -0.3 is 28.7 Å². The average Bonchev–Trinajstić information content (AvgIpc) is 2.72. The van der Waals surface area contributed by atoms with Gasteiger partial charge in [-0.2, -0.15) is 0 Å². The molecule has 1 aromatic carbocycles. The fourth-order valence-electron chi connectivity index (χ4n) is 3.66. The SMILES string of the molecule is CCOc1cc(C(=S)N2C[C@@H](C)O[C@@H](C)C2)cc(I)c1OCC(=O)N1CCOCC1. The summed E-state index contributed by atoms with van der Waals surface area (Å²) >= 11 is 7.99. The van der Waals surface area contributed by atoms with Crippen molar-refractivity contribution in [2.24, 2.45) is 0 Å². The van der Waals surface area contributed by atoms with E-state index in [0.29, 0.717) is 44.4 Å². The predicted octanol–water partition coefficient (Wildman–Crippen LogP) is 2.71. The van der Waals surface area contributed by atoms with Crippen molar-refractivity contribution in [3.8, 4) is 11.5 Å². The Bertz CT molecular complexity index is 762. The molecule has 0 spiro atoms. The lowest BCUT2D eigenvalue weighted by atomic mass is 10.1. The van der Waals surface area contributed by atoms with Crippen LogP contribution < -0.4 is 9.47 Å². The molecule has 2 aliphatic rings. The maximum atomic E-state index is 12.5. The lowest BCUT2D eigenvalue weighted by Gasteiger charge is -2.37. The van der Waals surface area contributed by atoms with Gasteiger partial charge in [0, 0.05) is 31.7 Å². The molecule has 1 aromatic rings. The maximum Gasteiger partial charge on any atom is 0.260 e. The summed E-state index contributed by atoms with van der Waals surface area (Å²) in [6, 6.07) is 3.90. The zero-order chi connectivity index (χ0) is 21.7. The smallest absolute Gasteiger partial charge is 0.260 e. The third-order valence-electron chi connectivity index (χ3n) is 4.97. The van der Waals surface area contributed by atoms with E-state index in [1.54, 1.807) is 4.90 Å². The molecule has 0 N–H and O–H groups in total. The number of hydrogen-bond acceptors (Lipinski definition) is 6. The van der Waals surface area contributed by atoms with Crippen LogP contribution in [-0.4, -0.2) is 85.5 Å². The van der Waals surface area contributed by atoms with Crippen molar-refractivity contribution in [2.75, 3.05) is 52.6 Å². The molecule has 3 rings (SSSR count). The summed E-state index contributed by atoms with van der Waals surface area (Å²) in [5.74, 6) is 1.13. The molecule has 1 amide bonds. The summed E-state index contributed by atoms with van der Waals surface area (Å²) < 4.78 is 23.7. The van der Waals surface area contributed by atoms with Crippen LogP contribution in [0.3, 0.4) is 0 Å². The number of hydrogen-bond donors (Lipinski definition) is 0. The summed E-state index contributed by atoms with van der Waals surface area (Å²) in [6.45, 7) is 10.4. The van der Waals surface area contributed by atoms with E-state index in [0.717, 1.165) is 27.2 Å². The Morgan fingerprint density at radius 3 is 2.47 bits per heavy atom. The molecule has 2 aliphatic heterocycles. The zero-order valence-electron chi connectivity index (χ0n) is 17.7. The molecule has 166 valence electrons. The zero-order valence-corrected chi connectivity index (χ0v) is 20.7. The summed E-state index contributed by atoms with van der Waals surface area (Å²) in [5.41, 5.74) is 0.908. The molecule has 0 bridgehead atoms. The van der Waals surface area contributed by atoms with Crippen LogP contribution >= 0.6 is 34.8 Å². The average molecular weight is 548 g/mol. The van der Waals surface area contributed by atoms with Gasteiger partial charge in [-0.25, -0.2) is 0 Å². The molecule has 0 unspecified atom stereocenters. The highest BCUT2D eigenvalue weighted by molar-refractivity contribution is 14.1. The van der Waals surface area contributed by atoms with Gasteiger partial charge in [-0.1, -0.05) is 12.2 Å². The second kappa shape index (κ2) is 10.9. The highest BCUT2D eigenvalue weighted by Gasteiger charge is 2.26. The molecule has 2 saturated heterocycles. The van der Waals surface area contributed by atoms with Crippen LogP contribution in [0, 0.1) is 3.57 Å². The lowest BCUT2D eigenvalue weighted by Crippen LogP contribution is -2.47. The lowest BCUT2D eigenvalue weighted by molar-refractivity contribution is -0.137. The molecule has 30 heavy (non-hydrogen) atoms. The van der Waals surface area contributed by atoms with Gasteiger partial charge in [0.15, 0.2) is 18.1 Å². The van der Waals surface area contributed by atoms with Gasteiger partial charge in [0.2, 0.25) is 0 Å². The number of amides is 1. The normalized spacial score (nSPS) is 22.0. The third-order valence-corrected chi connectivity index (χ3v) is 6.26. The van der Waals surface area contributed by atoms with E-state index in [2.05, 4.69) is 41.3 Å². The number of morpholine rings is 2. The Hall–Kier alpha value is -1.17. The molecular weight excluding hydrogens is 519 g/mol. The fraction of sp³-hybridized carbons (Fsp3) is 0.619. The summed E-state index contributed by atoms with van der Waals surface area (Å²) in [5, 5.41) is 0. The first-order valence-corrected chi connectivity index (χ1v) is 11.8. The molecule has 0 aromatic heterocycles. The maximum absolute atomic E-state index is 12.5. The van der Waals surface area contributed by atoms with Crippen molar-refractivity contribution in [1.82, 2.24) is 9.80 Å². The topological polar surface area (TPSA) is 60.5 Å². The summed E-state index contributed by atoms with van der Waals surface area (Å²) in [7, 11) is 0. The van der Waals surface area contributed by atoms with Crippen molar-refractivity contribution in [3.63, 3.8) is 0 Å². The number of thiocarbonyl (C=S) groups is 1. The quantitative estimate of drug-likeness (QED) is 0.401. The van der Waals surface area contributed by atoms with Gasteiger partial charge in [-0.3, -0.25) is 4.79 Å². The molecule has 7 nitrogen and oxygen atoms in total. The van der Waals surface area contributed by atoms with E-state index in [4.69, 9.17) is 31.2 Å². The van der Waals surface area contributed by atoms with E-state index in [1.807, 2.05) is 19.1 Å². The number of nitrogens with zero attached hydrogens (tertiary/aromatic N) is 2. The molecule has 2 atom stereocenters. The molecule has 0 radical (unpaired) electrons. The Balaban J connectivity index is 1.74. The van der Waals surface area contributed by atoms with E-state index in [1.165, 1.54) is 0 Å². The van der Waals surface area contributed by atoms with Gasteiger partial charge in [-0.05, 0) is 55.5 Å². The van der Waals surface area contributed by atoms with E-state index < -0.39 is 0 Å². The van der Waals surface area contributed by atoms with Crippen LogP contribution in [0.2, 0.25) is 0 Å². The van der Waals surface area contributed by atoms with Crippen molar-refractivity contribution in [2.45, 2.75) is 33.0 Å². The van der Waals surface area contributed by atoms with E-state index in [9.17, 15) is 4.79 Å². The highest BCUT2D eigenvalue weighted by Crippen LogP contribution is 2.35. The minimum absolute atomic E-state index is 0.0294. The van der Waals surface area contributed by atoms with E-state index in [-0.39, 0.29) is 24.7 Å². The Morgan fingerprint density at radius 2 is 1.83 bits per heavy atom. The molecule has 0 aliphatic carbocycles. The Morgan fingerprint density at radius 1 is 1.17 bits per heavy atom. The number of carbonyl (C=O) groups is 1. The Kier molecular flexibility index (Phi) is 8.55. The minimum Gasteiger partial charge on any atom is -0.490 e. The third kappa shape index (κ3) is 5.95. The highest BCUT2D eigenvalue weighted by atomic mass is 127. The molecule has 0 saturated carbocycles. The van der Waals surface area contributed by atoms with E-state index >= 15 is 0 Å². The minimum atomic E-state index is -0.0487. The number of benzene rings is 1. The first-order valence-electron chi connectivity index (χ1n) is 10.3. The molecule has 2 heterocycles. The van der Waals surface area contributed by atoms with Crippen molar-refractivity contribution in [1.29, 1.82) is 0 Å². The van der Waals surface area contributed by atoms with Crippen molar-refractivity contribution < 1.29 is 23.7 Å². The molecular formula is C21H29IN2O5S. The standard InChI is InChI=1S/C21H29IN2O5S/c1-4-27-18-10-16(21(30)24-11-14(2)29-15(3)12-24)9-17(22)20(18)28-13-19(25)23-5-7-26-8-6-23/h9-10,14-15H,4-8,11-13H2,1-3H3/t14-,15+. The first kappa shape index (κ1) is 23.5. The van der Waals surface area contributed by atoms with Gasteiger partial charge in [0.05, 0.1) is 35.6 Å². The van der Waals surface area contributed by atoms with Gasteiger partial charge >= 0.3 is 0 Å². The van der Waals surface area contributed by atoms with Crippen molar-refractivity contribution in [3.05, 3.63) is 21.3 Å². The van der Waals surface area contributed by atoms with Crippen LogP contribution in [0.5, 0.6) is 11.5 Å². The monoisotopic (exact) mass is 548 g/mol. The summed E-state index contributed by atoms with van der Waals surface area (Å²) in [6.07, 6.45) is 0.261. The number of rotatable bonds is 6. The second-order valence-electron chi connectivity index (χ2n) is 7.47. The molecule has 2 fully saturated rings. The van der Waals surface area contributed by atoms with Gasteiger partial charge in [-0.15, -0.1) is 0 Å². The van der Waals surface area contributed by atoms with Crippen LogP contribution in [0.15, 0.2) is 12.1 Å². The first-order chi connectivity index (χ1) is 14.4. The van der Waals surface area contributed by atoms with Crippen LogP contribution in [0.1, 0.15) is 26.3 Å². The van der Waals surface area contributed by atoms with Crippen molar-refractivity contribution >= 4 is 45.7 Å². The molecule has 9 heteroatoms. The van der Waals surface area contributed by atoms with Crippen LogP contribution in [0.25, 0.3) is 0 Å². The Labute approximate surface area is 197 Å². The number of halogens is 1. The van der Waals surface area contributed by atoms with Gasteiger partial charge in [0.1, 0.15) is 4.99 Å². The number of carbonyl (C=O) groups excluding carboxylic acids is 1. The van der Waals surface area contributed by atoms with Gasteiger partial charge in [0.25, 0.3) is 5.91 Å². The largest absolute Gasteiger partial charge is 0.490 e.